The Bertz CT molecular complexity index is 358. The van der Waals surface area contributed by atoms with Crippen LogP contribution in [0.2, 0.25) is 0 Å². The molecule has 2 aliphatic carbocycles. The number of rotatable bonds is 2. The van der Waals surface area contributed by atoms with Gasteiger partial charge in [0.05, 0.1) is 0 Å². The van der Waals surface area contributed by atoms with Crippen molar-refractivity contribution in [2.24, 2.45) is 35.1 Å². The van der Waals surface area contributed by atoms with E-state index >= 15 is 0 Å². The van der Waals surface area contributed by atoms with Gasteiger partial charge in [0.2, 0.25) is 0 Å². The fraction of sp³-hybridized carbons (Fsp3) is 0.875. The number of carboxylic acids is 2. The zero-order chi connectivity index (χ0) is 16.9. The number of hydrogen-bond donors (Lipinski definition) is 2. The van der Waals surface area contributed by atoms with Crippen molar-refractivity contribution in [1.29, 1.82) is 0 Å². The Morgan fingerprint density at radius 2 is 1.09 bits per heavy atom. The van der Waals surface area contributed by atoms with E-state index in [0.29, 0.717) is 24.7 Å². The third-order valence-corrected chi connectivity index (χ3v) is 5.20. The summed E-state index contributed by atoms with van der Waals surface area (Å²) in [5, 5.41) is 21.0. The van der Waals surface area contributed by atoms with Gasteiger partial charge in [-0.2, -0.15) is 0 Å². The molecule has 7 heteroatoms. The van der Waals surface area contributed by atoms with E-state index in [-0.39, 0.29) is 28.9 Å². The van der Waals surface area contributed by atoms with Crippen LogP contribution < -0.4 is 21.7 Å². The van der Waals surface area contributed by atoms with E-state index in [1.807, 2.05) is 13.8 Å². The molecule has 1 radical (unpaired) electrons. The molecule has 0 heterocycles. The van der Waals surface area contributed by atoms with Crippen LogP contribution in [0.25, 0.3) is 0 Å². The van der Waals surface area contributed by atoms with Crippen LogP contribution in [0.3, 0.4) is 0 Å². The van der Waals surface area contributed by atoms with Crippen LogP contribution in [0.1, 0.15) is 52.4 Å². The summed E-state index contributed by atoms with van der Waals surface area (Å²) in [6.45, 7) is 4.00. The third kappa shape index (κ3) is 6.41. The SMILES string of the molecule is CC1CCCC(C(=O)[O-])C1N.CC1CCCC(C(=O)[O-])C1N.[Co+2]. The van der Waals surface area contributed by atoms with Gasteiger partial charge in [0.25, 0.3) is 0 Å². The molecule has 2 aliphatic rings. The largest absolute Gasteiger partial charge is 2.00 e. The van der Waals surface area contributed by atoms with Gasteiger partial charge < -0.3 is 31.3 Å². The molecule has 4 N–H and O–H groups in total. The molecule has 0 aromatic heterocycles. The Morgan fingerprint density at radius 1 is 0.783 bits per heavy atom. The van der Waals surface area contributed by atoms with Crippen molar-refractivity contribution in [2.45, 2.75) is 64.5 Å². The second-order valence-corrected chi connectivity index (χ2v) is 6.82. The molecule has 2 fully saturated rings. The fourth-order valence-electron chi connectivity index (χ4n) is 3.43. The van der Waals surface area contributed by atoms with Gasteiger partial charge >= 0.3 is 16.8 Å². The van der Waals surface area contributed by atoms with Crippen molar-refractivity contribution in [3.05, 3.63) is 0 Å². The van der Waals surface area contributed by atoms with E-state index in [0.717, 1.165) is 25.7 Å². The van der Waals surface area contributed by atoms with Crippen LogP contribution in [-0.4, -0.2) is 24.0 Å². The Balaban J connectivity index is 0.000000403. The van der Waals surface area contributed by atoms with Crippen LogP contribution >= 0.6 is 0 Å². The predicted molar refractivity (Wildman–Crippen MR) is 79.0 cm³/mol. The van der Waals surface area contributed by atoms with Gasteiger partial charge in [0.1, 0.15) is 0 Å². The van der Waals surface area contributed by atoms with Crippen molar-refractivity contribution in [3.63, 3.8) is 0 Å². The van der Waals surface area contributed by atoms with Crippen LogP contribution in [0.5, 0.6) is 0 Å². The number of carbonyl (C=O) groups excluding carboxylic acids is 2. The van der Waals surface area contributed by atoms with Crippen molar-refractivity contribution in [1.82, 2.24) is 0 Å². The molecular weight excluding hydrogens is 343 g/mol. The summed E-state index contributed by atoms with van der Waals surface area (Å²) in [5.74, 6) is -2.15. The summed E-state index contributed by atoms with van der Waals surface area (Å²) in [4.78, 5) is 21.0. The minimum atomic E-state index is -0.982. The maximum Gasteiger partial charge on any atom is 2.00 e. The molecule has 2 saturated carbocycles. The molecule has 6 atom stereocenters. The van der Waals surface area contributed by atoms with Gasteiger partial charge in [-0.3, -0.25) is 0 Å². The van der Waals surface area contributed by atoms with Gasteiger partial charge in [0.15, 0.2) is 0 Å². The average molecular weight is 371 g/mol. The molecule has 0 bridgehead atoms. The second-order valence-electron chi connectivity index (χ2n) is 6.82. The van der Waals surface area contributed by atoms with Gasteiger partial charge in [-0.05, 0) is 37.5 Å². The number of hydrogen-bond acceptors (Lipinski definition) is 6. The van der Waals surface area contributed by atoms with Crippen LogP contribution in [-0.2, 0) is 26.4 Å². The smallest absolute Gasteiger partial charge is 0.550 e. The summed E-state index contributed by atoms with van der Waals surface area (Å²) in [5.41, 5.74) is 11.4. The zero-order valence-electron chi connectivity index (χ0n) is 13.8. The van der Waals surface area contributed by atoms with E-state index in [9.17, 15) is 19.8 Å². The number of nitrogens with two attached hydrogens (primary N) is 2. The molecule has 2 rings (SSSR count). The first-order valence-electron chi connectivity index (χ1n) is 8.18. The van der Waals surface area contributed by atoms with Gasteiger partial charge in [-0.15, -0.1) is 0 Å². The van der Waals surface area contributed by atoms with E-state index in [1.54, 1.807) is 0 Å². The molecule has 6 unspecified atom stereocenters. The minimum Gasteiger partial charge on any atom is -0.550 e. The number of carbonyl (C=O) groups is 2. The van der Waals surface area contributed by atoms with E-state index in [2.05, 4.69) is 0 Å². The molecule has 0 spiro atoms. The summed E-state index contributed by atoms with van der Waals surface area (Å²) in [6.07, 6.45) is 5.40. The number of carboxylic acid groups (broad SMARTS) is 2. The van der Waals surface area contributed by atoms with E-state index in [1.165, 1.54) is 0 Å². The maximum absolute atomic E-state index is 10.5. The average Bonchev–Trinajstić information content (AvgIpc) is 2.45. The molecule has 0 saturated heterocycles. The van der Waals surface area contributed by atoms with Gasteiger partial charge in [-0.25, -0.2) is 0 Å². The first kappa shape index (κ1) is 22.4. The monoisotopic (exact) mass is 371 g/mol. The molecule has 135 valence electrons. The summed E-state index contributed by atoms with van der Waals surface area (Å²) >= 11 is 0. The molecule has 0 aromatic carbocycles. The van der Waals surface area contributed by atoms with E-state index < -0.39 is 23.8 Å². The second kappa shape index (κ2) is 10.3. The Kier molecular flexibility index (Phi) is 9.99. The zero-order valence-corrected chi connectivity index (χ0v) is 14.9. The maximum atomic E-state index is 10.5. The molecule has 0 aromatic rings. The predicted octanol–water partition coefficient (Wildman–Crippen LogP) is -1.00. The minimum absolute atomic E-state index is 0. The Morgan fingerprint density at radius 3 is 1.30 bits per heavy atom. The molecule has 0 amide bonds. The Labute approximate surface area is 148 Å². The van der Waals surface area contributed by atoms with Crippen LogP contribution in [0.4, 0.5) is 0 Å². The van der Waals surface area contributed by atoms with Gasteiger partial charge in [0, 0.05) is 35.9 Å². The first-order chi connectivity index (χ1) is 10.3. The number of aliphatic carboxylic acids is 2. The molecule has 23 heavy (non-hydrogen) atoms. The van der Waals surface area contributed by atoms with Crippen molar-refractivity contribution >= 4 is 11.9 Å². The summed E-state index contributed by atoms with van der Waals surface area (Å²) in [7, 11) is 0. The molecule has 6 nitrogen and oxygen atoms in total. The first-order valence-corrected chi connectivity index (χ1v) is 8.18. The molecule has 0 aliphatic heterocycles. The van der Waals surface area contributed by atoms with E-state index in [4.69, 9.17) is 11.5 Å². The Hall–Kier alpha value is -0.634. The van der Waals surface area contributed by atoms with Crippen molar-refractivity contribution < 1.29 is 36.6 Å². The van der Waals surface area contributed by atoms with Crippen LogP contribution in [0.15, 0.2) is 0 Å². The quantitative estimate of drug-likeness (QED) is 0.640. The fourth-order valence-corrected chi connectivity index (χ4v) is 3.43. The third-order valence-electron chi connectivity index (χ3n) is 5.20. The van der Waals surface area contributed by atoms with Crippen molar-refractivity contribution in [3.8, 4) is 0 Å². The summed E-state index contributed by atoms with van der Waals surface area (Å²) in [6, 6.07) is -0.400. The standard InChI is InChI=1S/2C8H15NO2.Co/c2*1-5-3-2-4-6(7(5)9)8(10)11;/h2*5-7H,2-4,9H2,1H3,(H,10,11);/q;;+2/p-2. The van der Waals surface area contributed by atoms with Gasteiger partial charge in [-0.1, -0.05) is 26.7 Å². The topological polar surface area (TPSA) is 132 Å². The van der Waals surface area contributed by atoms with Crippen molar-refractivity contribution in [2.75, 3.05) is 0 Å². The molecular formula is C16H28CoN2O4. The summed E-state index contributed by atoms with van der Waals surface area (Å²) < 4.78 is 0. The normalized spacial score (nSPS) is 36.9. The van der Waals surface area contributed by atoms with Crippen LogP contribution in [0, 0.1) is 23.7 Å².